The van der Waals surface area contributed by atoms with E-state index in [0.29, 0.717) is 5.82 Å². The number of piperidine rings is 1. The Bertz CT molecular complexity index is 695. The Labute approximate surface area is 206 Å². The van der Waals surface area contributed by atoms with Gasteiger partial charge in [-0.25, -0.2) is 0 Å². The molecule has 1 N–H and O–H groups in total. The van der Waals surface area contributed by atoms with Crippen molar-refractivity contribution in [2.45, 2.75) is 118 Å². The van der Waals surface area contributed by atoms with E-state index in [-0.39, 0.29) is 12.1 Å². The van der Waals surface area contributed by atoms with Crippen LogP contribution in [0.2, 0.25) is 13.3 Å². The first-order valence-electron chi connectivity index (χ1n) is 13.3. The molecule has 6 nitrogen and oxygen atoms in total. The van der Waals surface area contributed by atoms with Crippen molar-refractivity contribution >= 4 is 34.0 Å². The molecule has 1 atom stereocenters. The summed E-state index contributed by atoms with van der Waals surface area (Å²) >= 11 is -2.75. The van der Waals surface area contributed by atoms with Crippen LogP contribution in [0.3, 0.4) is 0 Å². The normalized spacial score (nSPS) is 17.1. The molecule has 1 saturated heterocycles. The average molecular weight is 567 g/mol. The fourth-order valence-corrected chi connectivity index (χ4v) is 20.0. The van der Waals surface area contributed by atoms with Gasteiger partial charge in [-0.05, 0) is 0 Å². The summed E-state index contributed by atoms with van der Waals surface area (Å²) in [6.07, 6.45) is 13.0. The molecule has 2 rings (SSSR count). The van der Waals surface area contributed by atoms with Gasteiger partial charge in [0.2, 0.25) is 0 Å². The topological polar surface area (TPSA) is 67.4 Å². The molecule has 0 spiro atoms. The molecule has 188 valence electrons. The van der Waals surface area contributed by atoms with Crippen LogP contribution in [0.25, 0.3) is 0 Å². The number of carbonyl (C=O) groups excluding carboxylic acids is 1. The van der Waals surface area contributed by atoms with Crippen molar-refractivity contribution in [3.63, 3.8) is 0 Å². The first kappa shape index (κ1) is 28.3. The van der Waals surface area contributed by atoms with Crippen molar-refractivity contribution in [2.24, 2.45) is 0 Å². The summed E-state index contributed by atoms with van der Waals surface area (Å²) in [6, 6.07) is 0.0460. The van der Waals surface area contributed by atoms with Crippen LogP contribution in [0.1, 0.15) is 92.9 Å². The molecular weight excluding hydrogens is 519 g/mol. The summed E-state index contributed by atoms with van der Waals surface area (Å²) in [4.78, 5) is 25.1. The van der Waals surface area contributed by atoms with Crippen molar-refractivity contribution in [1.82, 2.24) is 15.3 Å². The number of rotatable bonds is 12. The Morgan fingerprint density at radius 3 is 2.18 bits per heavy atom. The van der Waals surface area contributed by atoms with Crippen molar-refractivity contribution in [2.75, 3.05) is 18.0 Å². The van der Waals surface area contributed by atoms with Crippen molar-refractivity contribution < 1.29 is 9.53 Å². The molecular formula is C26H48N4O2Sn. The van der Waals surface area contributed by atoms with Gasteiger partial charge in [0.05, 0.1) is 0 Å². The molecule has 0 saturated carbocycles. The number of unbranched alkanes of at least 4 members (excludes halogenated alkanes) is 3. The Morgan fingerprint density at radius 1 is 1.09 bits per heavy atom. The first-order valence-corrected chi connectivity index (χ1v) is 20.8. The predicted octanol–water partition coefficient (Wildman–Crippen LogP) is 6.03. The van der Waals surface area contributed by atoms with E-state index in [1.54, 1.807) is 11.1 Å². The van der Waals surface area contributed by atoms with Gasteiger partial charge in [0.1, 0.15) is 0 Å². The maximum atomic E-state index is 13.4. The number of amides is 1. The summed E-state index contributed by atoms with van der Waals surface area (Å²) in [5.74, 6) is 0.682. The average Bonchev–Trinajstić information content (AvgIpc) is 2.79. The summed E-state index contributed by atoms with van der Waals surface area (Å²) in [6.45, 7) is 14.4. The predicted molar refractivity (Wildman–Crippen MR) is 141 cm³/mol. The Kier molecular flexibility index (Phi) is 11.9. The number of carbonyl (C=O) groups is 1. The zero-order valence-electron chi connectivity index (χ0n) is 22.1. The molecule has 1 fully saturated rings. The fourth-order valence-electron chi connectivity index (χ4n) is 4.83. The molecule has 1 aromatic rings. The van der Waals surface area contributed by atoms with E-state index in [2.05, 4.69) is 31.1 Å². The van der Waals surface area contributed by atoms with Gasteiger partial charge in [0, 0.05) is 0 Å². The molecule has 7 heteroatoms. The number of anilines is 1. The fraction of sp³-hybridized carbons (Fsp3) is 0.808. The summed E-state index contributed by atoms with van der Waals surface area (Å²) in [5, 5.41) is 3.45. The van der Waals surface area contributed by atoms with E-state index < -0.39 is 24.0 Å². The SMILES string of the molecule is CCC[CH2][Sn]([CH2]CCC)([CH2]CCC)[c]1cncc(N(C(=O)OC(C)(C)C)C2CCCNC2)n1. The van der Waals surface area contributed by atoms with E-state index >= 15 is 0 Å². The van der Waals surface area contributed by atoms with Gasteiger partial charge in [0.25, 0.3) is 0 Å². The summed E-state index contributed by atoms with van der Waals surface area (Å²) < 4.78 is 11.1. The second-order valence-electron chi connectivity index (χ2n) is 10.7. The standard InChI is InChI=1S/C14H21N4O2.3C4H9.Sn/c1-14(2,3)20-13(19)18(11-5-4-6-15-9-11)12-10-16-7-8-17-12;3*1-3-4-2;/h7,10-11,15H,4-6,9H2,1-3H3;3*1,3-4H2,2H3;. The third-order valence-electron chi connectivity index (χ3n) is 6.66. The number of aromatic nitrogens is 2. The number of hydrogen-bond acceptors (Lipinski definition) is 5. The molecule has 0 radical (unpaired) electrons. The van der Waals surface area contributed by atoms with Crippen LogP contribution < -0.4 is 13.9 Å². The molecule has 0 bridgehead atoms. The first-order chi connectivity index (χ1) is 15.8. The summed E-state index contributed by atoms with van der Waals surface area (Å²) in [7, 11) is 0. The van der Waals surface area contributed by atoms with Gasteiger partial charge in [-0.3, -0.25) is 0 Å². The zero-order chi connectivity index (χ0) is 24.3. The van der Waals surface area contributed by atoms with Crippen LogP contribution in [0.4, 0.5) is 10.6 Å². The third-order valence-corrected chi connectivity index (χ3v) is 21.7. The van der Waals surface area contributed by atoms with E-state index in [4.69, 9.17) is 9.72 Å². The minimum absolute atomic E-state index is 0.0460. The van der Waals surface area contributed by atoms with Crippen molar-refractivity contribution in [3.8, 4) is 0 Å². The monoisotopic (exact) mass is 568 g/mol. The summed E-state index contributed by atoms with van der Waals surface area (Å²) in [5.41, 5.74) is -0.547. The number of nitrogens with zero attached hydrogens (tertiary/aromatic N) is 3. The molecule has 1 amide bonds. The van der Waals surface area contributed by atoms with Gasteiger partial charge in [-0.1, -0.05) is 0 Å². The third kappa shape index (κ3) is 8.68. The van der Waals surface area contributed by atoms with Gasteiger partial charge >= 0.3 is 207 Å². The van der Waals surface area contributed by atoms with Gasteiger partial charge in [-0.15, -0.1) is 0 Å². The van der Waals surface area contributed by atoms with Crippen LogP contribution in [0.5, 0.6) is 0 Å². The van der Waals surface area contributed by atoms with Crippen LogP contribution >= 0.6 is 0 Å². The van der Waals surface area contributed by atoms with Crippen molar-refractivity contribution in [3.05, 3.63) is 12.4 Å². The molecule has 33 heavy (non-hydrogen) atoms. The van der Waals surface area contributed by atoms with Crippen LogP contribution in [0.15, 0.2) is 12.4 Å². The number of hydrogen-bond donors (Lipinski definition) is 1. The maximum absolute atomic E-state index is 13.4. The number of nitrogens with one attached hydrogen (secondary N) is 1. The van der Waals surface area contributed by atoms with E-state index in [1.165, 1.54) is 55.5 Å². The van der Waals surface area contributed by atoms with Gasteiger partial charge in [0.15, 0.2) is 0 Å². The number of ether oxygens (including phenoxy) is 1. The van der Waals surface area contributed by atoms with Crippen LogP contribution in [-0.2, 0) is 4.74 Å². The van der Waals surface area contributed by atoms with Crippen LogP contribution in [-0.4, -0.2) is 59.2 Å². The van der Waals surface area contributed by atoms with E-state index in [9.17, 15) is 4.79 Å². The Morgan fingerprint density at radius 2 is 1.70 bits per heavy atom. The van der Waals surface area contributed by atoms with Crippen molar-refractivity contribution in [1.29, 1.82) is 0 Å². The van der Waals surface area contributed by atoms with Gasteiger partial charge < -0.3 is 0 Å². The Hall–Kier alpha value is -0.891. The quantitative estimate of drug-likeness (QED) is 0.313. The van der Waals surface area contributed by atoms with E-state index in [1.807, 2.05) is 27.0 Å². The minimum atomic E-state index is -2.75. The van der Waals surface area contributed by atoms with Crippen LogP contribution in [0, 0.1) is 0 Å². The second-order valence-corrected chi connectivity index (χ2v) is 23.8. The molecule has 0 aromatic carbocycles. The molecule has 1 aliphatic heterocycles. The zero-order valence-corrected chi connectivity index (χ0v) is 24.9. The molecule has 1 aliphatic rings. The van der Waals surface area contributed by atoms with Gasteiger partial charge in [-0.2, -0.15) is 0 Å². The molecule has 2 heterocycles. The second kappa shape index (κ2) is 13.9. The Balaban J connectivity index is 2.48. The molecule has 1 unspecified atom stereocenters. The van der Waals surface area contributed by atoms with E-state index in [0.717, 1.165) is 25.9 Å². The molecule has 1 aromatic heterocycles. The molecule has 0 aliphatic carbocycles.